The van der Waals surface area contributed by atoms with E-state index in [0.717, 1.165) is 0 Å². The Morgan fingerprint density at radius 1 is 0.571 bits per heavy atom. The van der Waals surface area contributed by atoms with Crippen molar-refractivity contribution in [2.24, 2.45) is 0 Å². The van der Waals surface area contributed by atoms with Gasteiger partial charge in [-0.15, -0.1) is 0 Å². The summed E-state index contributed by atoms with van der Waals surface area (Å²) in [5.41, 5.74) is 2.55. The molecule has 2 aromatic carbocycles. The second kappa shape index (κ2) is 6.28. The minimum Gasteiger partial charge on any atom is -0.183 e. The normalized spacial score (nSPS) is 8.71. The molecular formula is C13H14S. The predicted octanol–water partition coefficient (Wildman–Crippen LogP) is 3.90. The fraction of sp³-hybridized carbons (Fsp3) is 0.0769. The molecule has 0 radical (unpaired) electrons. The van der Waals surface area contributed by atoms with Crippen LogP contribution in [0, 0.1) is 0 Å². The highest BCUT2D eigenvalue weighted by Crippen LogP contribution is 2.17. The molecule has 1 heteroatoms. The van der Waals surface area contributed by atoms with Gasteiger partial charge in [-0.2, -0.15) is 12.6 Å². The SMILES string of the molecule is CS.c1ccc(-c2ccccc2)cc1. The smallest absolute Gasteiger partial charge is 0.0184 e. The Morgan fingerprint density at radius 2 is 0.857 bits per heavy atom. The molecule has 0 aliphatic heterocycles. The fourth-order valence-corrected chi connectivity index (χ4v) is 1.26. The molecule has 0 saturated heterocycles. The lowest BCUT2D eigenvalue weighted by Gasteiger charge is -1.98. The van der Waals surface area contributed by atoms with Crippen LogP contribution in [0.3, 0.4) is 0 Å². The summed E-state index contributed by atoms with van der Waals surface area (Å²) < 4.78 is 0. The minimum atomic E-state index is 1.28. The van der Waals surface area contributed by atoms with Gasteiger partial charge in [-0.05, 0) is 17.4 Å². The van der Waals surface area contributed by atoms with E-state index in [1.165, 1.54) is 11.1 Å². The molecule has 2 rings (SSSR count). The van der Waals surface area contributed by atoms with E-state index in [0.29, 0.717) is 0 Å². The number of hydrogen-bond donors (Lipinski definition) is 1. The fourth-order valence-electron chi connectivity index (χ4n) is 1.26. The third kappa shape index (κ3) is 2.93. The van der Waals surface area contributed by atoms with E-state index in [2.05, 4.69) is 61.2 Å². The first kappa shape index (κ1) is 10.9. The highest BCUT2D eigenvalue weighted by molar-refractivity contribution is 7.79. The molecule has 0 aromatic heterocycles. The molecule has 0 aliphatic rings. The molecule has 0 aliphatic carbocycles. The van der Waals surface area contributed by atoms with Crippen molar-refractivity contribution in [2.75, 3.05) is 6.26 Å². The minimum absolute atomic E-state index is 1.28. The van der Waals surface area contributed by atoms with Gasteiger partial charge in [0.05, 0.1) is 0 Å². The lowest BCUT2D eigenvalue weighted by atomic mass is 10.1. The number of hydrogen-bond acceptors (Lipinski definition) is 1. The van der Waals surface area contributed by atoms with Gasteiger partial charge >= 0.3 is 0 Å². The Kier molecular flexibility index (Phi) is 4.87. The van der Waals surface area contributed by atoms with Crippen molar-refractivity contribution in [1.29, 1.82) is 0 Å². The molecule has 0 saturated carbocycles. The van der Waals surface area contributed by atoms with Crippen LogP contribution in [0.2, 0.25) is 0 Å². The summed E-state index contributed by atoms with van der Waals surface area (Å²) in [5, 5.41) is 0. The van der Waals surface area contributed by atoms with E-state index < -0.39 is 0 Å². The van der Waals surface area contributed by atoms with Crippen molar-refractivity contribution in [3.05, 3.63) is 60.7 Å². The summed E-state index contributed by atoms with van der Waals surface area (Å²) in [7, 11) is 0. The predicted molar refractivity (Wildman–Crippen MR) is 66.8 cm³/mol. The number of benzene rings is 2. The summed E-state index contributed by atoms with van der Waals surface area (Å²) in [4.78, 5) is 0. The summed E-state index contributed by atoms with van der Waals surface area (Å²) in [6.07, 6.45) is 1.69. The summed E-state index contributed by atoms with van der Waals surface area (Å²) >= 11 is 3.53. The standard InChI is InChI=1S/C12H10.CH4S/c1-3-7-11(8-4-1)12-9-5-2-6-10-12;1-2/h1-10H;2H,1H3. The summed E-state index contributed by atoms with van der Waals surface area (Å²) in [6.45, 7) is 0. The quantitative estimate of drug-likeness (QED) is 0.666. The Morgan fingerprint density at radius 3 is 1.14 bits per heavy atom. The first-order valence-corrected chi connectivity index (χ1v) is 5.41. The Hall–Kier alpha value is -1.21. The van der Waals surface area contributed by atoms with Crippen molar-refractivity contribution < 1.29 is 0 Å². The van der Waals surface area contributed by atoms with E-state index in [4.69, 9.17) is 0 Å². The Labute approximate surface area is 91.0 Å². The Balaban J connectivity index is 0.000000461. The van der Waals surface area contributed by atoms with Crippen LogP contribution in [0.25, 0.3) is 11.1 Å². The third-order valence-corrected chi connectivity index (χ3v) is 1.88. The molecule has 72 valence electrons. The zero-order chi connectivity index (χ0) is 10.2. The van der Waals surface area contributed by atoms with E-state index in [1.807, 2.05) is 12.1 Å². The highest BCUT2D eigenvalue weighted by Gasteiger charge is 1.91. The van der Waals surface area contributed by atoms with Crippen LogP contribution in [0.5, 0.6) is 0 Å². The van der Waals surface area contributed by atoms with Crippen LogP contribution < -0.4 is 0 Å². The van der Waals surface area contributed by atoms with Crippen LogP contribution in [-0.4, -0.2) is 6.26 Å². The maximum atomic E-state index is 3.53. The second-order valence-corrected chi connectivity index (χ2v) is 2.73. The molecule has 0 N–H and O–H groups in total. The maximum Gasteiger partial charge on any atom is -0.0184 e. The molecule has 0 nitrogen and oxygen atoms in total. The van der Waals surface area contributed by atoms with Gasteiger partial charge in [0, 0.05) is 0 Å². The van der Waals surface area contributed by atoms with Crippen molar-refractivity contribution in [3.8, 4) is 11.1 Å². The van der Waals surface area contributed by atoms with Gasteiger partial charge in [0.1, 0.15) is 0 Å². The van der Waals surface area contributed by atoms with Gasteiger partial charge in [-0.1, -0.05) is 60.7 Å². The first-order chi connectivity index (χ1) is 6.97. The molecule has 0 unspecified atom stereocenters. The van der Waals surface area contributed by atoms with E-state index in [-0.39, 0.29) is 0 Å². The van der Waals surface area contributed by atoms with Crippen molar-refractivity contribution in [2.45, 2.75) is 0 Å². The highest BCUT2D eigenvalue weighted by atomic mass is 32.1. The largest absolute Gasteiger partial charge is 0.183 e. The summed E-state index contributed by atoms with van der Waals surface area (Å²) in [6, 6.07) is 20.8. The second-order valence-electron chi connectivity index (χ2n) is 2.73. The monoisotopic (exact) mass is 202 g/mol. The zero-order valence-corrected chi connectivity index (χ0v) is 9.12. The van der Waals surface area contributed by atoms with Crippen LogP contribution >= 0.6 is 12.6 Å². The van der Waals surface area contributed by atoms with Crippen molar-refractivity contribution in [1.82, 2.24) is 0 Å². The van der Waals surface area contributed by atoms with Crippen LogP contribution in [0.1, 0.15) is 0 Å². The van der Waals surface area contributed by atoms with Gasteiger partial charge in [-0.25, -0.2) is 0 Å². The van der Waals surface area contributed by atoms with Crippen molar-refractivity contribution >= 4 is 12.6 Å². The van der Waals surface area contributed by atoms with Crippen molar-refractivity contribution in [3.63, 3.8) is 0 Å². The average Bonchev–Trinajstić information content (AvgIpc) is 2.34. The average molecular weight is 202 g/mol. The van der Waals surface area contributed by atoms with Gasteiger partial charge in [-0.3, -0.25) is 0 Å². The number of rotatable bonds is 1. The van der Waals surface area contributed by atoms with Crippen LogP contribution in [0.4, 0.5) is 0 Å². The maximum absolute atomic E-state index is 3.53. The van der Waals surface area contributed by atoms with Crippen LogP contribution in [-0.2, 0) is 0 Å². The van der Waals surface area contributed by atoms with Gasteiger partial charge < -0.3 is 0 Å². The van der Waals surface area contributed by atoms with Crippen LogP contribution in [0.15, 0.2) is 60.7 Å². The third-order valence-electron chi connectivity index (χ3n) is 1.88. The van der Waals surface area contributed by atoms with E-state index >= 15 is 0 Å². The molecule has 0 heterocycles. The van der Waals surface area contributed by atoms with Gasteiger partial charge in [0.25, 0.3) is 0 Å². The van der Waals surface area contributed by atoms with E-state index in [9.17, 15) is 0 Å². The summed E-state index contributed by atoms with van der Waals surface area (Å²) in [5.74, 6) is 0. The lowest BCUT2D eigenvalue weighted by molar-refractivity contribution is 1.62. The molecule has 0 amide bonds. The first-order valence-electron chi connectivity index (χ1n) is 4.52. The molecule has 0 bridgehead atoms. The number of thiol groups is 1. The Bertz CT molecular complexity index is 303. The molecule has 14 heavy (non-hydrogen) atoms. The van der Waals surface area contributed by atoms with Gasteiger partial charge in [0.2, 0.25) is 0 Å². The topological polar surface area (TPSA) is 0 Å². The molecular weight excluding hydrogens is 188 g/mol. The van der Waals surface area contributed by atoms with E-state index in [1.54, 1.807) is 6.26 Å². The molecule has 0 spiro atoms. The zero-order valence-electron chi connectivity index (χ0n) is 8.22. The lowest BCUT2D eigenvalue weighted by Crippen LogP contribution is -1.73. The molecule has 2 aromatic rings. The molecule has 0 atom stereocenters. The van der Waals surface area contributed by atoms with Gasteiger partial charge in [0.15, 0.2) is 0 Å². The molecule has 0 fully saturated rings.